The maximum Gasteiger partial charge on any atom is 0.224 e. The zero-order valence-corrected chi connectivity index (χ0v) is 13.0. The molecule has 4 nitrogen and oxygen atoms in total. The molecule has 1 unspecified atom stereocenters. The summed E-state index contributed by atoms with van der Waals surface area (Å²) >= 11 is 5.79. The van der Waals surface area contributed by atoms with E-state index in [9.17, 15) is 4.79 Å². The lowest BCUT2D eigenvalue weighted by atomic mass is 9.94. The molecule has 20 heavy (non-hydrogen) atoms. The number of amides is 1. The van der Waals surface area contributed by atoms with Gasteiger partial charge in [0.15, 0.2) is 0 Å². The number of nitrogens with one attached hydrogen (secondary N) is 1. The van der Waals surface area contributed by atoms with E-state index < -0.39 is 0 Å². The fourth-order valence-electron chi connectivity index (χ4n) is 2.29. The van der Waals surface area contributed by atoms with Gasteiger partial charge in [0.05, 0.1) is 11.4 Å². The standard InChI is InChI=1S/C15H24ClN3O/c1-3-4-12(9-10-17)5-8-15(20)19-13-6-7-14(16)18-11(13)2/h6-7,12H,3-5,8-10,17H2,1-2H3,(H,19,20). The van der Waals surface area contributed by atoms with Gasteiger partial charge < -0.3 is 11.1 Å². The van der Waals surface area contributed by atoms with E-state index in [2.05, 4.69) is 17.2 Å². The van der Waals surface area contributed by atoms with Crippen molar-refractivity contribution in [3.63, 3.8) is 0 Å². The van der Waals surface area contributed by atoms with Gasteiger partial charge in [0.25, 0.3) is 0 Å². The second kappa shape index (κ2) is 8.93. The number of anilines is 1. The number of carbonyl (C=O) groups is 1. The average Bonchev–Trinajstić information content (AvgIpc) is 2.40. The highest BCUT2D eigenvalue weighted by molar-refractivity contribution is 6.29. The molecule has 0 aliphatic carbocycles. The second-order valence-electron chi connectivity index (χ2n) is 5.09. The molecule has 0 fully saturated rings. The van der Waals surface area contributed by atoms with Gasteiger partial charge in [-0.05, 0) is 44.4 Å². The maximum atomic E-state index is 12.0. The molecule has 0 aromatic carbocycles. The Labute approximate surface area is 126 Å². The molecular formula is C15H24ClN3O. The van der Waals surface area contributed by atoms with E-state index in [0.717, 1.165) is 37.1 Å². The molecule has 3 N–H and O–H groups in total. The minimum Gasteiger partial charge on any atom is -0.330 e. The van der Waals surface area contributed by atoms with Crippen LogP contribution in [0.2, 0.25) is 5.15 Å². The first-order chi connectivity index (χ1) is 9.56. The van der Waals surface area contributed by atoms with Crippen LogP contribution < -0.4 is 11.1 Å². The Morgan fingerprint density at radius 2 is 2.15 bits per heavy atom. The number of halogens is 1. The van der Waals surface area contributed by atoms with Crippen molar-refractivity contribution in [3.05, 3.63) is 23.0 Å². The van der Waals surface area contributed by atoms with Crippen LogP contribution in [0, 0.1) is 12.8 Å². The van der Waals surface area contributed by atoms with Crippen LogP contribution in [-0.2, 0) is 4.79 Å². The summed E-state index contributed by atoms with van der Waals surface area (Å²) in [5.74, 6) is 0.565. The summed E-state index contributed by atoms with van der Waals surface area (Å²) in [6.07, 6.45) is 4.66. The number of carbonyl (C=O) groups excluding carboxylic acids is 1. The molecule has 5 heteroatoms. The number of nitrogens with zero attached hydrogens (tertiary/aromatic N) is 1. The molecule has 0 saturated heterocycles. The van der Waals surface area contributed by atoms with E-state index in [1.807, 2.05) is 6.92 Å². The Bertz CT molecular complexity index is 431. The lowest BCUT2D eigenvalue weighted by Crippen LogP contribution is -2.16. The molecule has 1 aromatic rings. The lowest BCUT2D eigenvalue weighted by molar-refractivity contribution is -0.116. The van der Waals surface area contributed by atoms with Gasteiger partial charge in [0.1, 0.15) is 5.15 Å². The quantitative estimate of drug-likeness (QED) is 0.721. The van der Waals surface area contributed by atoms with Crippen LogP contribution in [0.1, 0.15) is 44.7 Å². The Kier molecular flexibility index (Phi) is 7.55. The summed E-state index contributed by atoms with van der Waals surface area (Å²) in [6, 6.07) is 3.46. The van der Waals surface area contributed by atoms with E-state index in [4.69, 9.17) is 17.3 Å². The number of pyridine rings is 1. The summed E-state index contributed by atoms with van der Waals surface area (Å²) in [5.41, 5.74) is 7.06. The number of aryl methyl sites for hydroxylation is 1. The zero-order valence-electron chi connectivity index (χ0n) is 12.3. The van der Waals surface area contributed by atoms with Crippen LogP contribution in [0.3, 0.4) is 0 Å². The van der Waals surface area contributed by atoms with Crippen LogP contribution >= 0.6 is 11.6 Å². The molecule has 0 spiro atoms. The van der Waals surface area contributed by atoms with Crippen LogP contribution in [-0.4, -0.2) is 17.4 Å². The highest BCUT2D eigenvalue weighted by atomic mass is 35.5. The Hall–Kier alpha value is -1.13. The molecule has 1 amide bonds. The summed E-state index contributed by atoms with van der Waals surface area (Å²) in [4.78, 5) is 16.1. The first kappa shape index (κ1) is 16.9. The van der Waals surface area contributed by atoms with Gasteiger partial charge in [-0.25, -0.2) is 4.98 Å². The van der Waals surface area contributed by atoms with E-state index >= 15 is 0 Å². The highest BCUT2D eigenvalue weighted by Gasteiger charge is 2.11. The third kappa shape index (κ3) is 5.88. The molecule has 0 radical (unpaired) electrons. The topological polar surface area (TPSA) is 68.0 Å². The SMILES string of the molecule is CCCC(CCN)CCC(=O)Nc1ccc(Cl)nc1C. The van der Waals surface area contributed by atoms with Crippen LogP contribution in [0.5, 0.6) is 0 Å². The Morgan fingerprint density at radius 3 is 2.75 bits per heavy atom. The molecule has 0 aliphatic rings. The fraction of sp³-hybridized carbons (Fsp3) is 0.600. The van der Waals surface area contributed by atoms with E-state index in [1.165, 1.54) is 0 Å². The molecule has 1 rings (SSSR count). The molecule has 112 valence electrons. The second-order valence-corrected chi connectivity index (χ2v) is 5.47. The first-order valence-corrected chi connectivity index (χ1v) is 7.57. The molecule has 0 saturated carbocycles. The first-order valence-electron chi connectivity index (χ1n) is 7.19. The summed E-state index contributed by atoms with van der Waals surface area (Å²) < 4.78 is 0. The van der Waals surface area contributed by atoms with Crippen LogP contribution in [0.4, 0.5) is 5.69 Å². The van der Waals surface area contributed by atoms with Gasteiger partial charge in [-0.1, -0.05) is 31.4 Å². The monoisotopic (exact) mass is 297 g/mol. The predicted octanol–water partition coefficient (Wildman–Crippen LogP) is 3.53. The minimum atomic E-state index is 0.0235. The highest BCUT2D eigenvalue weighted by Crippen LogP contribution is 2.19. The van der Waals surface area contributed by atoms with Crippen molar-refractivity contribution >= 4 is 23.2 Å². The molecule has 1 aromatic heterocycles. The van der Waals surface area contributed by atoms with E-state index in [-0.39, 0.29) is 5.91 Å². The number of hydrogen-bond acceptors (Lipinski definition) is 3. The lowest BCUT2D eigenvalue weighted by Gasteiger charge is -2.15. The molecule has 0 aliphatic heterocycles. The van der Waals surface area contributed by atoms with Gasteiger partial charge in [-0.2, -0.15) is 0 Å². The Balaban J connectivity index is 2.46. The zero-order chi connectivity index (χ0) is 15.0. The molecule has 1 heterocycles. The van der Waals surface area contributed by atoms with Gasteiger partial charge in [-0.3, -0.25) is 4.79 Å². The Morgan fingerprint density at radius 1 is 1.40 bits per heavy atom. The average molecular weight is 298 g/mol. The predicted molar refractivity (Wildman–Crippen MR) is 83.9 cm³/mol. The fourth-order valence-corrected chi connectivity index (χ4v) is 2.48. The summed E-state index contributed by atoms with van der Waals surface area (Å²) in [5, 5.41) is 3.32. The molecule has 0 bridgehead atoms. The maximum absolute atomic E-state index is 12.0. The summed E-state index contributed by atoms with van der Waals surface area (Å²) in [6.45, 7) is 4.68. The largest absolute Gasteiger partial charge is 0.330 e. The van der Waals surface area contributed by atoms with Gasteiger partial charge >= 0.3 is 0 Å². The third-order valence-corrected chi connectivity index (χ3v) is 3.59. The van der Waals surface area contributed by atoms with Gasteiger partial charge in [-0.15, -0.1) is 0 Å². The summed E-state index contributed by atoms with van der Waals surface area (Å²) in [7, 11) is 0. The third-order valence-electron chi connectivity index (χ3n) is 3.38. The van der Waals surface area contributed by atoms with Crippen molar-refractivity contribution in [2.45, 2.75) is 46.0 Å². The number of hydrogen-bond donors (Lipinski definition) is 2. The molecule has 1 atom stereocenters. The van der Waals surface area contributed by atoms with Crippen LogP contribution in [0.25, 0.3) is 0 Å². The normalized spacial score (nSPS) is 12.2. The number of nitrogens with two attached hydrogens (primary N) is 1. The van der Waals surface area contributed by atoms with Crippen molar-refractivity contribution in [3.8, 4) is 0 Å². The van der Waals surface area contributed by atoms with Gasteiger partial charge in [0.2, 0.25) is 5.91 Å². The van der Waals surface area contributed by atoms with Gasteiger partial charge in [0, 0.05) is 6.42 Å². The van der Waals surface area contributed by atoms with Crippen molar-refractivity contribution < 1.29 is 4.79 Å². The number of aromatic nitrogens is 1. The van der Waals surface area contributed by atoms with Crippen molar-refractivity contribution in [1.29, 1.82) is 0 Å². The minimum absolute atomic E-state index is 0.0235. The van der Waals surface area contributed by atoms with E-state index in [1.54, 1.807) is 12.1 Å². The van der Waals surface area contributed by atoms with Crippen molar-refractivity contribution in [2.24, 2.45) is 11.7 Å². The van der Waals surface area contributed by atoms with E-state index in [0.29, 0.717) is 24.0 Å². The number of rotatable bonds is 8. The van der Waals surface area contributed by atoms with Crippen LogP contribution in [0.15, 0.2) is 12.1 Å². The van der Waals surface area contributed by atoms with Crippen molar-refractivity contribution in [1.82, 2.24) is 4.98 Å². The molecular weight excluding hydrogens is 274 g/mol. The smallest absolute Gasteiger partial charge is 0.224 e. The van der Waals surface area contributed by atoms with Crippen molar-refractivity contribution in [2.75, 3.05) is 11.9 Å².